The molecule has 0 spiro atoms. The molecule has 1 aliphatic rings. The maximum Gasteiger partial charge on any atom is 0.223 e. The van der Waals surface area contributed by atoms with Gasteiger partial charge in [0.25, 0.3) is 0 Å². The minimum absolute atomic E-state index is 0.174. The lowest BCUT2D eigenvalue weighted by atomic mass is 9.94. The number of aliphatic hydroxyl groups excluding tert-OH is 1. The van der Waals surface area contributed by atoms with Crippen molar-refractivity contribution in [3.05, 3.63) is 27.7 Å². The summed E-state index contributed by atoms with van der Waals surface area (Å²) in [6, 6.07) is 1.63. The zero-order chi connectivity index (χ0) is 14.7. The monoisotopic (exact) mass is 280 g/mol. The lowest BCUT2D eigenvalue weighted by Gasteiger charge is -2.31. The number of nitrogens with zero attached hydrogens (tertiary/aromatic N) is 2. The van der Waals surface area contributed by atoms with Gasteiger partial charge in [-0.2, -0.15) is 0 Å². The van der Waals surface area contributed by atoms with Crippen molar-refractivity contribution in [3.8, 4) is 5.75 Å². The summed E-state index contributed by atoms with van der Waals surface area (Å²) in [5.74, 6) is -0.179. The van der Waals surface area contributed by atoms with Crippen LogP contribution in [0.2, 0.25) is 0 Å². The van der Waals surface area contributed by atoms with Crippen molar-refractivity contribution in [1.29, 1.82) is 0 Å². The van der Waals surface area contributed by atoms with Crippen LogP contribution < -0.4 is 5.43 Å². The molecule has 1 heterocycles. The predicted octanol–water partition coefficient (Wildman–Crippen LogP) is 1.61. The van der Waals surface area contributed by atoms with Crippen LogP contribution in [-0.4, -0.2) is 33.8 Å². The Morgan fingerprint density at radius 2 is 1.95 bits per heavy atom. The largest absolute Gasteiger partial charge is 0.503 e. The minimum Gasteiger partial charge on any atom is -0.503 e. The van der Waals surface area contributed by atoms with Gasteiger partial charge in [-0.3, -0.25) is 4.79 Å². The molecule has 0 aliphatic heterocycles. The van der Waals surface area contributed by atoms with E-state index in [9.17, 15) is 15.0 Å². The Morgan fingerprint density at radius 1 is 1.30 bits per heavy atom. The molecule has 2 N–H and O–H groups in total. The fourth-order valence-corrected chi connectivity index (χ4v) is 3.09. The van der Waals surface area contributed by atoms with Crippen LogP contribution in [0.25, 0.3) is 0 Å². The molecular weight excluding hydrogens is 256 g/mol. The van der Waals surface area contributed by atoms with E-state index in [-0.39, 0.29) is 18.4 Å². The first-order valence-electron chi connectivity index (χ1n) is 7.26. The summed E-state index contributed by atoms with van der Waals surface area (Å²) in [6.45, 7) is 0.317. The molecule has 112 valence electrons. The van der Waals surface area contributed by atoms with Crippen LogP contribution in [0.3, 0.4) is 0 Å². The molecule has 0 atom stereocenters. The molecule has 0 amide bonds. The van der Waals surface area contributed by atoms with Crippen molar-refractivity contribution in [1.82, 2.24) is 9.47 Å². The van der Waals surface area contributed by atoms with E-state index in [1.54, 1.807) is 0 Å². The molecule has 0 saturated heterocycles. The van der Waals surface area contributed by atoms with Crippen molar-refractivity contribution >= 4 is 0 Å². The highest BCUT2D eigenvalue weighted by atomic mass is 16.3. The minimum atomic E-state index is -0.405. The fraction of sp³-hybridized carbons (Fsp3) is 0.667. The molecule has 0 aromatic carbocycles. The van der Waals surface area contributed by atoms with Gasteiger partial charge in [0.2, 0.25) is 5.43 Å². The highest BCUT2D eigenvalue weighted by Gasteiger charge is 2.23. The zero-order valence-corrected chi connectivity index (χ0v) is 12.3. The third-order valence-electron chi connectivity index (χ3n) is 3.97. The van der Waals surface area contributed by atoms with E-state index in [2.05, 4.69) is 0 Å². The number of aliphatic hydroxyl groups is 1. The maximum atomic E-state index is 11.8. The van der Waals surface area contributed by atoms with E-state index in [1.165, 1.54) is 12.5 Å². The van der Waals surface area contributed by atoms with Crippen LogP contribution in [0.1, 0.15) is 49.5 Å². The fourth-order valence-electron chi connectivity index (χ4n) is 3.09. The normalized spacial score (nSPS) is 16.8. The Labute approximate surface area is 119 Å². The van der Waals surface area contributed by atoms with Gasteiger partial charge in [-0.25, -0.2) is 0 Å². The average Bonchev–Trinajstić information content (AvgIpc) is 2.44. The summed E-state index contributed by atoms with van der Waals surface area (Å²) in [6.07, 6.45) is 5.62. The van der Waals surface area contributed by atoms with E-state index < -0.39 is 5.43 Å². The molecule has 2 rings (SSSR count). The molecule has 1 aromatic rings. The molecule has 1 fully saturated rings. The Morgan fingerprint density at radius 3 is 2.50 bits per heavy atom. The zero-order valence-electron chi connectivity index (χ0n) is 12.3. The summed E-state index contributed by atoms with van der Waals surface area (Å²) in [4.78, 5) is 13.8. The van der Waals surface area contributed by atoms with Gasteiger partial charge in [0.15, 0.2) is 5.75 Å². The molecule has 0 unspecified atom stereocenters. The molecule has 0 bridgehead atoms. The van der Waals surface area contributed by atoms with Crippen molar-refractivity contribution < 1.29 is 10.2 Å². The van der Waals surface area contributed by atoms with E-state index in [1.807, 2.05) is 23.6 Å². The molecule has 5 nitrogen and oxygen atoms in total. The standard InChI is InChI=1S/C15H24N2O3/c1-16(2)9-13-15(20)14(19)8-12(10-18)17(13)11-6-4-3-5-7-11/h8,11,18,20H,3-7,9-10H2,1-2H3. The van der Waals surface area contributed by atoms with Crippen LogP contribution in [0.4, 0.5) is 0 Å². The Hall–Kier alpha value is -1.33. The predicted molar refractivity (Wildman–Crippen MR) is 77.8 cm³/mol. The van der Waals surface area contributed by atoms with Crippen molar-refractivity contribution in [2.45, 2.75) is 51.3 Å². The van der Waals surface area contributed by atoms with Gasteiger partial charge in [-0.1, -0.05) is 19.3 Å². The summed E-state index contributed by atoms with van der Waals surface area (Å²) < 4.78 is 2.00. The first-order chi connectivity index (χ1) is 9.54. The van der Waals surface area contributed by atoms with Gasteiger partial charge in [-0.15, -0.1) is 0 Å². The van der Waals surface area contributed by atoms with Crippen molar-refractivity contribution in [2.24, 2.45) is 0 Å². The second kappa shape index (κ2) is 6.41. The Bertz CT molecular complexity index is 517. The van der Waals surface area contributed by atoms with Gasteiger partial charge in [0.05, 0.1) is 12.3 Å². The van der Waals surface area contributed by atoms with Gasteiger partial charge in [-0.05, 0) is 26.9 Å². The lowest BCUT2D eigenvalue weighted by Crippen LogP contribution is -2.26. The quantitative estimate of drug-likeness (QED) is 0.879. The molecule has 0 radical (unpaired) electrons. The molecule has 1 aliphatic carbocycles. The summed E-state index contributed by atoms with van der Waals surface area (Å²) in [7, 11) is 3.81. The number of rotatable bonds is 4. The smallest absolute Gasteiger partial charge is 0.223 e. The SMILES string of the molecule is CN(C)Cc1c(O)c(=O)cc(CO)n1C1CCCCC1. The summed E-state index contributed by atoms with van der Waals surface area (Å²) in [5.41, 5.74) is 0.827. The topological polar surface area (TPSA) is 65.7 Å². The number of aromatic nitrogens is 1. The maximum absolute atomic E-state index is 11.8. The molecule has 1 saturated carbocycles. The number of hydrogen-bond donors (Lipinski definition) is 2. The molecule has 5 heteroatoms. The van der Waals surface area contributed by atoms with Gasteiger partial charge in [0, 0.05) is 24.3 Å². The molecule has 1 aromatic heterocycles. The third-order valence-corrected chi connectivity index (χ3v) is 3.97. The first-order valence-corrected chi connectivity index (χ1v) is 7.26. The van der Waals surface area contributed by atoms with Crippen LogP contribution in [0.15, 0.2) is 10.9 Å². The highest BCUT2D eigenvalue weighted by molar-refractivity contribution is 5.30. The van der Waals surface area contributed by atoms with Gasteiger partial charge in [0.1, 0.15) is 0 Å². The van der Waals surface area contributed by atoms with Gasteiger partial charge < -0.3 is 19.7 Å². The van der Waals surface area contributed by atoms with Crippen molar-refractivity contribution in [2.75, 3.05) is 14.1 Å². The average molecular weight is 280 g/mol. The van der Waals surface area contributed by atoms with E-state index in [4.69, 9.17) is 0 Å². The van der Waals surface area contributed by atoms with Crippen LogP contribution in [0, 0.1) is 0 Å². The molecular formula is C15H24N2O3. The van der Waals surface area contributed by atoms with Crippen LogP contribution >= 0.6 is 0 Å². The number of pyridine rings is 1. The Kier molecular flexibility index (Phi) is 4.83. The summed E-state index contributed by atoms with van der Waals surface area (Å²) in [5, 5.41) is 19.7. The highest BCUT2D eigenvalue weighted by Crippen LogP contribution is 2.32. The van der Waals surface area contributed by atoms with Crippen LogP contribution in [-0.2, 0) is 13.2 Å². The first kappa shape index (κ1) is 15.1. The number of hydrogen-bond acceptors (Lipinski definition) is 4. The van der Waals surface area contributed by atoms with E-state index >= 15 is 0 Å². The van der Waals surface area contributed by atoms with Crippen molar-refractivity contribution in [3.63, 3.8) is 0 Å². The van der Waals surface area contributed by atoms with E-state index in [0.29, 0.717) is 17.9 Å². The second-order valence-electron chi connectivity index (χ2n) is 5.85. The third kappa shape index (κ3) is 3.04. The Balaban J connectivity index is 2.54. The van der Waals surface area contributed by atoms with Crippen LogP contribution in [0.5, 0.6) is 5.75 Å². The second-order valence-corrected chi connectivity index (χ2v) is 5.85. The number of aromatic hydroxyl groups is 1. The lowest BCUT2D eigenvalue weighted by molar-refractivity contribution is 0.245. The van der Waals surface area contributed by atoms with E-state index in [0.717, 1.165) is 25.7 Å². The molecule has 20 heavy (non-hydrogen) atoms. The van der Waals surface area contributed by atoms with Gasteiger partial charge >= 0.3 is 0 Å². The summed E-state index contributed by atoms with van der Waals surface area (Å²) >= 11 is 0.